The van der Waals surface area contributed by atoms with Gasteiger partial charge in [-0.05, 0) is 37.6 Å². The normalized spacial score (nSPS) is 9.95. The highest BCUT2D eigenvalue weighted by Gasteiger charge is 2.13. The number of benzene rings is 1. The Hall–Kier alpha value is -2.24. The minimum absolute atomic E-state index is 0.0666. The number of carbonyl (C=O) groups is 2. The maximum atomic E-state index is 12.0. The number of hydrogen-bond acceptors (Lipinski definition) is 3. The molecule has 0 spiro atoms. The first kappa shape index (κ1) is 15.8. The van der Waals surface area contributed by atoms with Gasteiger partial charge in [0.2, 0.25) is 0 Å². The number of aliphatic carboxylic acids is 1. The summed E-state index contributed by atoms with van der Waals surface area (Å²) in [5.41, 5.74) is 1.57. The van der Waals surface area contributed by atoms with E-state index in [1.165, 1.54) is 4.90 Å². The smallest absolute Gasteiger partial charge is 0.321 e. The van der Waals surface area contributed by atoms with Crippen molar-refractivity contribution in [3.63, 3.8) is 0 Å². The topological polar surface area (TPSA) is 78.9 Å². The zero-order valence-corrected chi connectivity index (χ0v) is 12.0. The molecule has 0 heterocycles. The highest BCUT2D eigenvalue weighted by molar-refractivity contribution is 5.89. The monoisotopic (exact) mass is 280 g/mol. The molecule has 20 heavy (non-hydrogen) atoms. The lowest BCUT2D eigenvalue weighted by molar-refractivity contribution is -0.137. The van der Waals surface area contributed by atoms with Crippen LogP contribution in [0.3, 0.4) is 0 Å². The highest BCUT2D eigenvalue weighted by Crippen LogP contribution is 2.21. The molecule has 0 atom stereocenters. The number of anilines is 1. The second-order valence-electron chi connectivity index (χ2n) is 4.34. The maximum Gasteiger partial charge on any atom is 0.321 e. The van der Waals surface area contributed by atoms with Gasteiger partial charge in [0.15, 0.2) is 0 Å². The molecular formula is C14H20N2O4. The lowest BCUT2D eigenvalue weighted by Crippen LogP contribution is -2.36. The van der Waals surface area contributed by atoms with Crippen LogP contribution in [0.4, 0.5) is 10.5 Å². The largest absolute Gasteiger partial charge is 0.496 e. The average Bonchev–Trinajstić information content (AvgIpc) is 2.39. The van der Waals surface area contributed by atoms with Crippen LogP contribution in [0.2, 0.25) is 0 Å². The molecular weight excluding hydrogens is 260 g/mol. The Bertz CT molecular complexity index is 488. The van der Waals surface area contributed by atoms with Gasteiger partial charge < -0.3 is 20.1 Å². The van der Waals surface area contributed by atoms with Crippen molar-refractivity contribution in [2.75, 3.05) is 25.5 Å². The summed E-state index contributed by atoms with van der Waals surface area (Å²) in [5, 5.41) is 11.4. The number of nitrogens with zero attached hydrogens (tertiary/aromatic N) is 1. The van der Waals surface area contributed by atoms with Gasteiger partial charge in [-0.15, -0.1) is 0 Å². The van der Waals surface area contributed by atoms with Crippen molar-refractivity contribution in [1.82, 2.24) is 4.90 Å². The van der Waals surface area contributed by atoms with E-state index in [0.717, 1.165) is 11.3 Å². The van der Waals surface area contributed by atoms with Gasteiger partial charge >= 0.3 is 12.0 Å². The van der Waals surface area contributed by atoms with Gasteiger partial charge in [0.05, 0.1) is 13.5 Å². The van der Waals surface area contributed by atoms with Crippen LogP contribution < -0.4 is 10.1 Å². The number of ether oxygens (including phenoxy) is 1. The van der Waals surface area contributed by atoms with E-state index >= 15 is 0 Å². The van der Waals surface area contributed by atoms with Gasteiger partial charge in [-0.3, -0.25) is 4.79 Å². The molecule has 0 unspecified atom stereocenters. The minimum atomic E-state index is -0.920. The third-order valence-corrected chi connectivity index (χ3v) is 2.91. The summed E-state index contributed by atoms with van der Waals surface area (Å²) in [6.07, 6.45) is -0.0666. The first-order chi connectivity index (χ1) is 9.47. The van der Waals surface area contributed by atoms with Crippen LogP contribution in [-0.4, -0.2) is 42.2 Å². The zero-order valence-electron chi connectivity index (χ0n) is 12.0. The van der Waals surface area contributed by atoms with Crippen LogP contribution >= 0.6 is 0 Å². The van der Waals surface area contributed by atoms with Crippen LogP contribution in [0, 0.1) is 6.92 Å². The molecule has 2 amide bonds. The van der Waals surface area contributed by atoms with Gasteiger partial charge in [0, 0.05) is 18.8 Å². The Labute approximate surface area is 118 Å². The van der Waals surface area contributed by atoms with E-state index in [9.17, 15) is 9.59 Å². The van der Waals surface area contributed by atoms with Gasteiger partial charge in [-0.2, -0.15) is 0 Å². The number of carbonyl (C=O) groups excluding carboxylic acids is 1. The van der Waals surface area contributed by atoms with E-state index in [1.54, 1.807) is 26.2 Å². The Morgan fingerprint density at radius 2 is 2.10 bits per heavy atom. The third-order valence-electron chi connectivity index (χ3n) is 2.91. The third kappa shape index (κ3) is 4.46. The summed E-state index contributed by atoms with van der Waals surface area (Å²) in [5.74, 6) is -0.169. The van der Waals surface area contributed by atoms with Crippen molar-refractivity contribution < 1.29 is 19.4 Å². The molecule has 2 N–H and O–H groups in total. The Morgan fingerprint density at radius 3 is 2.60 bits per heavy atom. The van der Waals surface area contributed by atoms with E-state index in [4.69, 9.17) is 9.84 Å². The summed E-state index contributed by atoms with van der Waals surface area (Å²) in [6, 6.07) is 5.02. The molecule has 1 rings (SSSR count). The van der Waals surface area contributed by atoms with Crippen LogP contribution in [0.25, 0.3) is 0 Å². The molecule has 0 aliphatic carbocycles. The second-order valence-corrected chi connectivity index (χ2v) is 4.34. The molecule has 0 radical (unpaired) electrons. The fourth-order valence-corrected chi connectivity index (χ4v) is 1.79. The number of amides is 2. The molecule has 0 saturated heterocycles. The summed E-state index contributed by atoms with van der Waals surface area (Å²) in [7, 11) is 1.59. The van der Waals surface area contributed by atoms with Crippen LogP contribution in [-0.2, 0) is 4.79 Å². The van der Waals surface area contributed by atoms with E-state index < -0.39 is 5.97 Å². The van der Waals surface area contributed by atoms with Gasteiger partial charge in [-0.1, -0.05) is 0 Å². The fraction of sp³-hybridized carbons (Fsp3) is 0.429. The van der Waals surface area contributed by atoms with Gasteiger partial charge in [0.1, 0.15) is 5.75 Å². The average molecular weight is 280 g/mol. The number of carboxylic acid groups (broad SMARTS) is 1. The predicted octanol–water partition coefficient (Wildman–Crippen LogP) is 2.33. The molecule has 6 nitrogen and oxygen atoms in total. The molecule has 0 bridgehead atoms. The highest BCUT2D eigenvalue weighted by atomic mass is 16.5. The number of hydrogen-bond donors (Lipinski definition) is 2. The van der Waals surface area contributed by atoms with E-state index in [0.29, 0.717) is 12.2 Å². The van der Waals surface area contributed by atoms with Crippen molar-refractivity contribution in [1.29, 1.82) is 0 Å². The number of nitrogens with one attached hydrogen (secondary N) is 1. The summed E-state index contributed by atoms with van der Waals surface area (Å²) in [6.45, 7) is 4.33. The van der Waals surface area contributed by atoms with Gasteiger partial charge in [-0.25, -0.2) is 4.79 Å². The fourth-order valence-electron chi connectivity index (χ4n) is 1.79. The second kappa shape index (κ2) is 7.37. The number of carboxylic acids is 1. The molecule has 0 saturated carbocycles. The standard InChI is InChI=1S/C14H20N2O4/c1-4-16(8-7-13(17)18)14(19)15-11-5-6-12(20-3)10(2)9-11/h5-6,9H,4,7-8H2,1-3H3,(H,15,19)(H,17,18). The Balaban J connectivity index is 2.68. The Morgan fingerprint density at radius 1 is 1.40 bits per heavy atom. The SMILES string of the molecule is CCN(CCC(=O)O)C(=O)Nc1ccc(OC)c(C)c1. The molecule has 1 aromatic rings. The lowest BCUT2D eigenvalue weighted by Gasteiger charge is -2.20. The van der Waals surface area contributed by atoms with Crippen LogP contribution in [0.1, 0.15) is 18.9 Å². The summed E-state index contributed by atoms with van der Waals surface area (Å²) < 4.78 is 5.15. The van der Waals surface area contributed by atoms with Crippen molar-refractivity contribution in [3.8, 4) is 5.75 Å². The van der Waals surface area contributed by atoms with Crippen molar-refractivity contribution in [2.45, 2.75) is 20.3 Å². The molecule has 1 aromatic carbocycles. The van der Waals surface area contributed by atoms with Crippen LogP contribution in [0.15, 0.2) is 18.2 Å². The number of urea groups is 1. The molecule has 6 heteroatoms. The quantitative estimate of drug-likeness (QED) is 0.838. The maximum absolute atomic E-state index is 12.0. The lowest BCUT2D eigenvalue weighted by atomic mass is 10.2. The predicted molar refractivity (Wildman–Crippen MR) is 76.2 cm³/mol. The summed E-state index contributed by atoms with van der Waals surface area (Å²) >= 11 is 0. The molecule has 110 valence electrons. The first-order valence-electron chi connectivity index (χ1n) is 6.40. The molecule has 0 fully saturated rings. The zero-order chi connectivity index (χ0) is 15.1. The molecule has 0 aliphatic heterocycles. The molecule has 0 aromatic heterocycles. The van der Waals surface area contributed by atoms with Crippen molar-refractivity contribution in [2.24, 2.45) is 0 Å². The minimum Gasteiger partial charge on any atom is -0.496 e. The van der Waals surface area contributed by atoms with E-state index in [-0.39, 0.29) is 19.0 Å². The Kier molecular flexibility index (Phi) is 5.83. The van der Waals surface area contributed by atoms with E-state index in [1.807, 2.05) is 13.0 Å². The van der Waals surface area contributed by atoms with E-state index in [2.05, 4.69) is 5.32 Å². The summed E-state index contributed by atoms with van der Waals surface area (Å²) in [4.78, 5) is 24.0. The first-order valence-corrected chi connectivity index (χ1v) is 6.40. The van der Waals surface area contributed by atoms with Crippen molar-refractivity contribution >= 4 is 17.7 Å². The molecule has 0 aliphatic rings. The number of rotatable bonds is 6. The number of aryl methyl sites for hydroxylation is 1. The van der Waals surface area contributed by atoms with Crippen molar-refractivity contribution in [3.05, 3.63) is 23.8 Å². The number of methoxy groups -OCH3 is 1. The van der Waals surface area contributed by atoms with Crippen LogP contribution in [0.5, 0.6) is 5.75 Å². The van der Waals surface area contributed by atoms with Gasteiger partial charge in [0.25, 0.3) is 0 Å².